The minimum Gasteiger partial charge on any atom is -0.379 e. The maximum atomic E-state index is 6.21. The third kappa shape index (κ3) is 3.99. The van der Waals surface area contributed by atoms with E-state index >= 15 is 0 Å². The quantitative estimate of drug-likeness (QED) is 0.471. The number of rotatable bonds is 5. The largest absolute Gasteiger partial charge is 0.379 e. The second-order valence-corrected chi connectivity index (χ2v) is 8.14. The Balaban J connectivity index is 1.53. The summed E-state index contributed by atoms with van der Waals surface area (Å²) >= 11 is 6.21. The second-order valence-electron chi connectivity index (χ2n) is 7.70. The summed E-state index contributed by atoms with van der Waals surface area (Å²) in [6.07, 6.45) is 4.82. The molecule has 0 amide bonds. The van der Waals surface area contributed by atoms with Crippen LogP contribution in [0.25, 0.3) is 33.2 Å². The van der Waals surface area contributed by atoms with Crippen LogP contribution < -0.4 is 0 Å². The molecule has 4 nitrogen and oxygen atoms in total. The van der Waals surface area contributed by atoms with Crippen LogP contribution in [-0.4, -0.2) is 47.7 Å². The van der Waals surface area contributed by atoms with Gasteiger partial charge in [-0.3, -0.25) is 9.88 Å². The molecule has 152 valence electrons. The van der Waals surface area contributed by atoms with Crippen LogP contribution in [0.3, 0.4) is 0 Å². The summed E-state index contributed by atoms with van der Waals surface area (Å²) < 4.78 is 5.49. The Hall–Kier alpha value is -2.66. The van der Waals surface area contributed by atoms with Crippen LogP contribution in [0.15, 0.2) is 67.0 Å². The van der Waals surface area contributed by atoms with Gasteiger partial charge in [0.05, 0.1) is 13.2 Å². The van der Waals surface area contributed by atoms with Gasteiger partial charge in [-0.1, -0.05) is 41.9 Å². The van der Waals surface area contributed by atoms with Crippen molar-refractivity contribution in [2.75, 3.05) is 32.8 Å². The minimum absolute atomic E-state index is 0.733. The molecule has 1 saturated heterocycles. The number of H-pyrrole nitrogens is 1. The molecule has 0 atom stereocenters. The first-order valence-electron chi connectivity index (χ1n) is 10.4. The maximum absolute atomic E-state index is 6.21. The molecule has 0 bridgehead atoms. The lowest BCUT2D eigenvalue weighted by Crippen LogP contribution is -2.37. The Morgan fingerprint density at radius 1 is 0.933 bits per heavy atom. The Kier molecular flexibility index (Phi) is 5.54. The molecule has 0 aliphatic carbocycles. The van der Waals surface area contributed by atoms with Gasteiger partial charge in [0, 0.05) is 76.8 Å². The number of ether oxygens (including phenoxy) is 1. The zero-order valence-electron chi connectivity index (χ0n) is 16.8. The van der Waals surface area contributed by atoms with E-state index in [-0.39, 0.29) is 0 Å². The van der Waals surface area contributed by atoms with Gasteiger partial charge in [0.1, 0.15) is 0 Å². The number of aromatic nitrogens is 2. The molecule has 30 heavy (non-hydrogen) atoms. The summed E-state index contributed by atoms with van der Waals surface area (Å²) in [4.78, 5) is 10.7. The Morgan fingerprint density at radius 2 is 1.77 bits per heavy atom. The van der Waals surface area contributed by atoms with E-state index in [0.29, 0.717) is 0 Å². The van der Waals surface area contributed by atoms with Crippen LogP contribution in [0.1, 0.15) is 5.69 Å². The van der Waals surface area contributed by atoms with Crippen molar-refractivity contribution in [3.63, 3.8) is 0 Å². The molecule has 1 fully saturated rings. The van der Waals surface area contributed by atoms with E-state index in [9.17, 15) is 0 Å². The van der Waals surface area contributed by atoms with Crippen molar-refractivity contribution in [1.29, 1.82) is 0 Å². The summed E-state index contributed by atoms with van der Waals surface area (Å²) in [5, 5.41) is 1.97. The van der Waals surface area contributed by atoms with Crippen molar-refractivity contribution in [2.45, 2.75) is 6.42 Å². The topological polar surface area (TPSA) is 41.2 Å². The normalized spacial score (nSPS) is 15.0. The number of halogens is 1. The smallest absolute Gasteiger partial charge is 0.0594 e. The average molecular weight is 418 g/mol. The first-order chi connectivity index (χ1) is 14.8. The van der Waals surface area contributed by atoms with E-state index in [4.69, 9.17) is 16.3 Å². The van der Waals surface area contributed by atoms with Crippen LogP contribution >= 0.6 is 11.6 Å². The highest BCUT2D eigenvalue weighted by Gasteiger charge is 2.17. The summed E-state index contributed by atoms with van der Waals surface area (Å²) in [5.41, 5.74) is 6.94. The Morgan fingerprint density at radius 3 is 2.63 bits per heavy atom. The number of hydrogen-bond acceptors (Lipinski definition) is 3. The lowest BCUT2D eigenvalue weighted by Gasteiger charge is -2.26. The Bertz CT molecular complexity index is 1160. The summed E-state index contributed by atoms with van der Waals surface area (Å²) in [7, 11) is 0. The SMILES string of the molecule is Clc1cccc(-c2cncc(-c3c(CCN4CCOCC4)[nH]c4ccccc34)c2)c1. The van der Waals surface area contributed by atoms with Gasteiger partial charge in [-0.2, -0.15) is 0 Å². The van der Waals surface area contributed by atoms with Gasteiger partial charge in [-0.25, -0.2) is 0 Å². The predicted molar refractivity (Wildman–Crippen MR) is 123 cm³/mol. The van der Waals surface area contributed by atoms with Crippen LogP contribution in [0.4, 0.5) is 0 Å². The zero-order chi connectivity index (χ0) is 20.3. The van der Waals surface area contributed by atoms with E-state index in [2.05, 4.69) is 51.3 Å². The van der Waals surface area contributed by atoms with Crippen molar-refractivity contribution >= 4 is 22.5 Å². The molecule has 2 aromatic heterocycles. The number of fused-ring (bicyclic) bond motifs is 1. The van der Waals surface area contributed by atoms with Crippen molar-refractivity contribution in [3.8, 4) is 22.3 Å². The van der Waals surface area contributed by atoms with Crippen molar-refractivity contribution in [3.05, 3.63) is 77.7 Å². The number of para-hydroxylation sites is 1. The lowest BCUT2D eigenvalue weighted by molar-refractivity contribution is 0.0384. The van der Waals surface area contributed by atoms with Crippen LogP contribution in [0.5, 0.6) is 0 Å². The third-order valence-electron chi connectivity index (χ3n) is 5.75. The fourth-order valence-electron chi connectivity index (χ4n) is 4.21. The van der Waals surface area contributed by atoms with Gasteiger partial charge < -0.3 is 9.72 Å². The fourth-order valence-corrected chi connectivity index (χ4v) is 4.40. The van der Waals surface area contributed by atoms with Crippen LogP contribution in [-0.2, 0) is 11.2 Å². The number of hydrogen-bond donors (Lipinski definition) is 1. The summed E-state index contributed by atoms with van der Waals surface area (Å²) in [6.45, 7) is 4.67. The van der Waals surface area contributed by atoms with Crippen molar-refractivity contribution in [1.82, 2.24) is 14.9 Å². The molecule has 5 heteroatoms. The number of benzene rings is 2. The molecular weight excluding hydrogens is 394 g/mol. The monoisotopic (exact) mass is 417 g/mol. The van der Waals surface area contributed by atoms with Gasteiger partial charge in [-0.05, 0) is 29.8 Å². The minimum atomic E-state index is 0.733. The molecule has 2 aromatic carbocycles. The van der Waals surface area contributed by atoms with Gasteiger partial charge in [0.2, 0.25) is 0 Å². The van der Waals surface area contributed by atoms with Gasteiger partial charge in [-0.15, -0.1) is 0 Å². The number of nitrogens with zero attached hydrogens (tertiary/aromatic N) is 2. The van der Waals surface area contributed by atoms with E-state index in [0.717, 1.165) is 66.5 Å². The third-order valence-corrected chi connectivity index (χ3v) is 5.99. The van der Waals surface area contributed by atoms with E-state index < -0.39 is 0 Å². The van der Waals surface area contributed by atoms with Gasteiger partial charge >= 0.3 is 0 Å². The molecule has 0 saturated carbocycles. The van der Waals surface area contributed by atoms with Crippen molar-refractivity contribution < 1.29 is 4.74 Å². The molecule has 0 radical (unpaired) electrons. The molecule has 1 N–H and O–H groups in total. The molecule has 0 unspecified atom stereocenters. The molecule has 1 aliphatic heterocycles. The fraction of sp³-hybridized carbons (Fsp3) is 0.240. The number of pyridine rings is 1. The van der Waals surface area contributed by atoms with Crippen LogP contribution in [0.2, 0.25) is 5.02 Å². The average Bonchev–Trinajstić information content (AvgIpc) is 3.17. The van der Waals surface area contributed by atoms with Crippen LogP contribution in [0, 0.1) is 0 Å². The number of nitrogens with one attached hydrogen (secondary N) is 1. The highest BCUT2D eigenvalue weighted by Crippen LogP contribution is 2.34. The number of morpholine rings is 1. The number of aromatic amines is 1. The standard InChI is InChI=1S/C25H24ClN3O/c26-21-5-3-4-18(15-21)19-14-20(17-27-16-19)25-22-6-1-2-7-23(22)28-24(25)8-9-29-10-12-30-13-11-29/h1-7,14-17,28H,8-13H2. The first kappa shape index (κ1) is 19.3. The predicted octanol–water partition coefficient (Wildman–Crippen LogP) is 5.43. The van der Waals surface area contributed by atoms with E-state index in [1.807, 2.05) is 30.6 Å². The molecule has 1 aliphatic rings. The first-order valence-corrected chi connectivity index (χ1v) is 10.8. The van der Waals surface area contributed by atoms with E-state index in [1.165, 1.54) is 16.6 Å². The molecular formula is C25H24ClN3O. The Labute approximate surface area is 181 Å². The van der Waals surface area contributed by atoms with Gasteiger partial charge in [0.15, 0.2) is 0 Å². The van der Waals surface area contributed by atoms with E-state index in [1.54, 1.807) is 0 Å². The maximum Gasteiger partial charge on any atom is 0.0594 e. The molecule has 3 heterocycles. The zero-order valence-corrected chi connectivity index (χ0v) is 17.5. The van der Waals surface area contributed by atoms with Gasteiger partial charge in [0.25, 0.3) is 0 Å². The highest BCUT2D eigenvalue weighted by atomic mass is 35.5. The lowest BCUT2D eigenvalue weighted by atomic mass is 9.98. The molecule has 5 rings (SSSR count). The van der Waals surface area contributed by atoms with Crippen molar-refractivity contribution in [2.24, 2.45) is 0 Å². The summed E-state index contributed by atoms with van der Waals surface area (Å²) in [5.74, 6) is 0. The summed E-state index contributed by atoms with van der Waals surface area (Å²) in [6, 6.07) is 18.6. The molecule has 4 aromatic rings. The highest BCUT2D eigenvalue weighted by molar-refractivity contribution is 6.30. The second kappa shape index (κ2) is 8.60. The molecule has 0 spiro atoms.